The Morgan fingerprint density at radius 3 is 2.32 bits per heavy atom. The van der Waals surface area contributed by atoms with Crippen molar-refractivity contribution < 1.29 is 29.4 Å². The lowest BCUT2D eigenvalue weighted by atomic mass is 10.0. The Balaban J connectivity index is 2.07. The lowest BCUT2D eigenvalue weighted by Crippen LogP contribution is -2.59. The molecular weight excluding hydrogens is 440 g/mol. The fraction of sp³-hybridized carbons (Fsp3) is 0.583. The fourth-order valence-electron chi connectivity index (χ4n) is 4.05. The van der Waals surface area contributed by atoms with Crippen LogP contribution in [-0.2, 0) is 25.6 Å². The first kappa shape index (κ1) is 27.3. The zero-order valence-electron chi connectivity index (χ0n) is 19.9. The molecule has 0 aromatic heterocycles. The molecule has 5 unspecified atom stereocenters. The number of nitrogens with one attached hydrogen (secondary N) is 2. The van der Waals surface area contributed by atoms with Crippen molar-refractivity contribution in [3.63, 3.8) is 0 Å². The maximum absolute atomic E-state index is 13.2. The molecule has 1 fully saturated rings. The maximum atomic E-state index is 13.2. The molecule has 3 amide bonds. The average molecular weight is 477 g/mol. The Kier molecular flexibility index (Phi) is 10.0. The van der Waals surface area contributed by atoms with Crippen LogP contribution in [0, 0.1) is 5.92 Å². The average Bonchev–Trinajstić information content (AvgIpc) is 3.26. The number of carbonyl (C=O) groups is 4. The van der Waals surface area contributed by atoms with Crippen molar-refractivity contribution in [2.45, 2.75) is 76.7 Å². The van der Waals surface area contributed by atoms with E-state index in [1.54, 1.807) is 0 Å². The number of aliphatic carboxylic acids is 1. The molecular formula is C24H36N4O6. The lowest BCUT2D eigenvalue weighted by molar-refractivity contribution is -0.146. The van der Waals surface area contributed by atoms with Gasteiger partial charge in [0.2, 0.25) is 17.7 Å². The van der Waals surface area contributed by atoms with E-state index >= 15 is 0 Å². The number of carboxylic acids is 1. The van der Waals surface area contributed by atoms with Crippen LogP contribution in [0.5, 0.6) is 0 Å². The van der Waals surface area contributed by atoms with E-state index in [1.165, 1.54) is 11.8 Å². The Bertz CT molecular complexity index is 860. The molecule has 1 heterocycles. The van der Waals surface area contributed by atoms with Gasteiger partial charge in [0.05, 0.1) is 12.1 Å². The quantitative estimate of drug-likeness (QED) is 0.301. The molecule has 1 aliphatic rings. The normalized spacial score (nSPS) is 19.2. The molecule has 1 aromatic carbocycles. The molecule has 188 valence electrons. The molecule has 34 heavy (non-hydrogen) atoms. The van der Waals surface area contributed by atoms with E-state index < -0.39 is 54.0 Å². The third-order valence-corrected chi connectivity index (χ3v) is 5.84. The van der Waals surface area contributed by atoms with E-state index in [0.29, 0.717) is 12.8 Å². The van der Waals surface area contributed by atoms with E-state index in [1.807, 2.05) is 44.2 Å². The zero-order valence-corrected chi connectivity index (χ0v) is 19.9. The van der Waals surface area contributed by atoms with E-state index in [2.05, 4.69) is 10.6 Å². The number of nitrogens with two attached hydrogens (primary N) is 1. The maximum Gasteiger partial charge on any atom is 0.326 e. The molecule has 0 saturated carbocycles. The second-order valence-corrected chi connectivity index (χ2v) is 9.24. The molecule has 1 saturated heterocycles. The number of carbonyl (C=O) groups excluding carboxylic acids is 3. The highest BCUT2D eigenvalue weighted by molar-refractivity contribution is 5.94. The van der Waals surface area contributed by atoms with Crippen molar-refractivity contribution in [2.75, 3.05) is 6.54 Å². The standard InChI is InChI=1S/C24H36N4O6/c1-14(2)12-18(24(33)34)26-22(31)19-10-7-11-28(19)23(32)20(15(3)29)27-21(30)17(25)13-16-8-5-4-6-9-16/h4-6,8-9,14-15,17-20,29H,7,10-13,25H2,1-3H3,(H,26,31)(H,27,30)(H,33,34). The molecule has 1 aromatic rings. The Hall–Kier alpha value is -2.98. The van der Waals surface area contributed by atoms with Gasteiger partial charge >= 0.3 is 5.97 Å². The number of likely N-dealkylation sites (tertiary alicyclic amines) is 1. The molecule has 6 N–H and O–H groups in total. The summed E-state index contributed by atoms with van der Waals surface area (Å²) < 4.78 is 0. The van der Waals surface area contributed by atoms with Crippen LogP contribution in [0.4, 0.5) is 0 Å². The number of amides is 3. The van der Waals surface area contributed by atoms with E-state index in [-0.39, 0.29) is 25.3 Å². The summed E-state index contributed by atoms with van der Waals surface area (Å²) in [5.74, 6) is -2.85. The summed E-state index contributed by atoms with van der Waals surface area (Å²) in [6.07, 6.45) is 0.193. The summed E-state index contributed by atoms with van der Waals surface area (Å²) in [4.78, 5) is 51.6. The SMILES string of the molecule is CC(C)CC(NC(=O)C1CCCN1C(=O)C(NC(=O)C(N)Cc1ccccc1)C(C)O)C(=O)O. The highest BCUT2D eigenvalue weighted by Crippen LogP contribution is 2.20. The van der Waals surface area contributed by atoms with Gasteiger partial charge in [-0.15, -0.1) is 0 Å². The lowest BCUT2D eigenvalue weighted by Gasteiger charge is -2.31. The molecule has 10 nitrogen and oxygen atoms in total. The monoisotopic (exact) mass is 476 g/mol. The summed E-state index contributed by atoms with van der Waals surface area (Å²) >= 11 is 0. The minimum atomic E-state index is -1.28. The van der Waals surface area contributed by atoms with E-state index in [0.717, 1.165) is 5.56 Å². The van der Waals surface area contributed by atoms with Gasteiger partial charge in [0, 0.05) is 6.54 Å². The van der Waals surface area contributed by atoms with Gasteiger partial charge in [-0.2, -0.15) is 0 Å². The van der Waals surface area contributed by atoms with Crippen LogP contribution in [0.2, 0.25) is 0 Å². The van der Waals surface area contributed by atoms with Crippen LogP contribution < -0.4 is 16.4 Å². The van der Waals surface area contributed by atoms with Gasteiger partial charge in [0.15, 0.2) is 0 Å². The smallest absolute Gasteiger partial charge is 0.326 e. The van der Waals surface area contributed by atoms with Crippen LogP contribution in [-0.4, -0.2) is 75.6 Å². The first-order valence-electron chi connectivity index (χ1n) is 11.6. The number of rotatable bonds is 11. The van der Waals surface area contributed by atoms with Crippen molar-refractivity contribution in [3.05, 3.63) is 35.9 Å². The van der Waals surface area contributed by atoms with Gasteiger partial charge in [-0.1, -0.05) is 44.2 Å². The van der Waals surface area contributed by atoms with Gasteiger partial charge in [0.1, 0.15) is 18.1 Å². The highest BCUT2D eigenvalue weighted by Gasteiger charge is 2.40. The van der Waals surface area contributed by atoms with Crippen LogP contribution in [0.1, 0.15) is 45.6 Å². The number of aliphatic hydroxyl groups is 1. The second-order valence-electron chi connectivity index (χ2n) is 9.24. The molecule has 0 spiro atoms. The summed E-state index contributed by atoms with van der Waals surface area (Å²) in [6, 6.07) is 5.03. The van der Waals surface area contributed by atoms with Gasteiger partial charge in [-0.25, -0.2) is 4.79 Å². The van der Waals surface area contributed by atoms with Gasteiger partial charge in [0.25, 0.3) is 0 Å². The Morgan fingerprint density at radius 1 is 1.12 bits per heavy atom. The number of hydrogen-bond acceptors (Lipinski definition) is 6. The number of nitrogens with zero attached hydrogens (tertiary/aromatic N) is 1. The molecule has 0 aliphatic carbocycles. The minimum Gasteiger partial charge on any atom is -0.480 e. The topological polar surface area (TPSA) is 162 Å². The van der Waals surface area contributed by atoms with Crippen molar-refractivity contribution in [2.24, 2.45) is 11.7 Å². The molecule has 0 bridgehead atoms. The predicted molar refractivity (Wildman–Crippen MR) is 125 cm³/mol. The summed E-state index contributed by atoms with van der Waals surface area (Å²) in [6.45, 7) is 5.34. The second kappa shape index (κ2) is 12.5. The van der Waals surface area contributed by atoms with Gasteiger partial charge in [-0.05, 0) is 44.1 Å². The number of hydrogen-bond donors (Lipinski definition) is 5. The summed E-state index contributed by atoms with van der Waals surface area (Å²) in [7, 11) is 0. The molecule has 2 rings (SSSR count). The third-order valence-electron chi connectivity index (χ3n) is 5.84. The summed E-state index contributed by atoms with van der Waals surface area (Å²) in [5, 5.41) is 24.7. The number of carboxylic acid groups (broad SMARTS) is 1. The number of aliphatic hydroxyl groups excluding tert-OH is 1. The van der Waals surface area contributed by atoms with E-state index in [9.17, 15) is 29.4 Å². The summed E-state index contributed by atoms with van der Waals surface area (Å²) in [5.41, 5.74) is 6.87. The first-order valence-corrected chi connectivity index (χ1v) is 11.6. The van der Waals surface area contributed by atoms with Crippen molar-refractivity contribution >= 4 is 23.7 Å². The Labute approximate surface area is 199 Å². The highest BCUT2D eigenvalue weighted by atomic mass is 16.4. The van der Waals surface area contributed by atoms with Crippen LogP contribution >= 0.6 is 0 Å². The number of benzene rings is 1. The largest absolute Gasteiger partial charge is 0.480 e. The third kappa shape index (κ3) is 7.53. The molecule has 5 atom stereocenters. The van der Waals surface area contributed by atoms with Crippen LogP contribution in [0.25, 0.3) is 0 Å². The first-order chi connectivity index (χ1) is 16.0. The van der Waals surface area contributed by atoms with Crippen molar-refractivity contribution in [3.8, 4) is 0 Å². The van der Waals surface area contributed by atoms with Crippen LogP contribution in [0.15, 0.2) is 30.3 Å². The molecule has 0 radical (unpaired) electrons. The Morgan fingerprint density at radius 2 is 1.76 bits per heavy atom. The predicted octanol–water partition coefficient (Wildman–Crippen LogP) is 0.0285. The minimum absolute atomic E-state index is 0.0534. The zero-order chi connectivity index (χ0) is 25.4. The van der Waals surface area contributed by atoms with Crippen molar-refractivity contribution in [1.29, 1.82) is 0 Å². The molecule has 10 heteroatoms. The van der Waals surface area contributed by atoms with Gasteiger partial charge < -0.3 is 31.5 Å². The van der Waals surface area contributed by atoms with E-state index in [4.69, 9.17) is 5.73 Å². The van der Waals surface area contributed by atoms with Crippen molar-refractivity contribution in [1.82, 2.24) is 15.5 Å². The molecule has 1 aliphatic heterocycles. The van der Waals surface area contributed by atoms with Crippen LogP contribution in [0.3, 0.4) is 0 Å². The fourth-order valence-corrected chi connectivity index (χ4v) is 4.05. The van der Waals surface area contributed by atoms with Gasteiger partial charge in [-0.3, -0.25) is 14.4 Å².